The van der Waals surface area contributed by atoms with Gasteiger partial charge in [0.1, 0.15) is 0 Å². The third-order valence-electron chi connectivity index (χ3n) is 4.77. The van der Waals surface area contributed by atoms with Gasteiger partial charge in [0.05, 0.1) is 17.8 Å². The first-order chi connectivity index (χ1) is 12.1. The minimum atomic E-state index is -0.219. The first-order valence-electron chi connectivity index (χ1n) is 8.27. The molecule has 0 unspecified atom stereocenters. The van der Waals surface area contributed by atoms with Gasteiger partial charge in [-0.2, -0.15) is 0 Å². The van der Waals surface area contributed by atoms with Gasteiger partial charge in [0.2, 0.25) is 5.91 Å². The lowest BCUT2D eigenvalue weighted by atomic mass is 9.89. The molecule has 0 saturated heterocycles. The molecule has 1 amide bonds. The van der Waals surface area contributed by atoms with Crippen molar-refractivity contribution in [2.24, 2.45) is 0 Å². The van der Waals surface area contributed by atoms with Crippen LogP contribution in [-0.2, 0) is 4.79 Å². The number of pyridine rings is 1. The number of benzene rings is 2. The lowest BCUT2D eigenvalue weighted by Gasteiger charge is -2.32. The van der Waals surface area contributed by atoms with Crippen LogP contribution >= 0.6 is 11.6 Å². The van der Waals surface area contributed by atoms with E-state index in [4.69, 9.17) is 11.6 Å². The van der Waals surface area contributed by atoms with Crippen molar-refractivity contribution in [3.63, 3.8) is 0 Å². The number of halogens is 1. The minimum Gasteiger partial charge on any atom is -0.374 e. The lowest BCUT2D eigenvalue weighted by Crippen LogP contribution is -2.32. The van der Waals surface area contributed by atoms with E-state index >= 15 is 0 Å². The number of nitrogens with zero attached hydrogens (tertiary/aromatic N) is 2. The maximum absolute atomic E-state index is 13.0. The van der Waals surface area contributed by atoms with E-state index in [0.717, 1.165) is 40.7 Å². The SMILES string of the molecule is CN1CC[C@@H](C(=O)Nc2cncc3ccccc23)c2cc(Cl)ccc21. The summed E-state index contributed by atoms with van der Waals surface area (Å²) in [6.45, 7) is 0.834. The van der Waals surface area contributed by atoms with Crippen molar-refractivity contribution in [2.45, 2.75) is 12.3 Å². The van der Waals surface area contributed by atoms with Crippen LogP contribution in [0.4, 0.5) is 11.4 Å². The molecule has 25 heavy (non-hydrogen) atoms. The van der Waals surface area contributed by atoms with Gasteiger partial charge >= 0.3 is 0 Å². The van der Waals surface area contributed by atoms with Gasteiger partial charge in [-0.25, -0.2) is 0 Å². The highest BCUT2D eigenvalue weighted by molar-refractivity contribution is 6.30. The average Bonchev–Trinajstić information content (AvgIpc) is 2.62. The molecule has 1 aromatic heterocycles. The van der Waals surface area contributed by atoms with Gasteiger partial charge in [-0.05, 0) is 30.2 Å². The third kappa shape index (κ3) is 2.94. The molecule has 0 saturated carbocycles. The Bertz CT molecular complexity index is 951. The summed E-state index contributed by atoms with van der Waals surface area (Å²) >= 11 is 6.17. The zero-order valence-corrected chi connectivity index (χ0v) is 14.6. The second-order valence-corrected chi connectivity index (χ2v) is 6.80. The second-order valence-electron chi connectivity index (χ2n) is 6.36. The van der Waals surface area contributed by atoms with Gasteiger partial charge in [-0.1, -0.05) is 35.9 Å². The molecule has 5 heteroatoms. The van der Waals surface area contributed by atoms with E-state index in [2.05, 4.69) is 15.2 Å². The number of carbonyl (C=O) groups excluding carboxylic acids is 1. The molecule has 126 valence electrons. The Labute approximate surface area is 151 Å². The van der Waals surface area contributed by atoms with Gasteiger partial charge in [-0.15, -0.1) is 0 Å². The number of fused-ring (bicyclic) bond motifs is 2. The fraction of sp³-hybridized carbons (Fsp3) is 0.200. The highest BCUT2D eigenvalue weighted by atomic mass is 35.5. The normalized spacial score (nSPS) is 16.6. The Morgan fingerprint density at radius 1 is 1.24 bits per heavy atom. The molecule has 1 atom stereocenters. The predicted octanol–water partition coefficient (Wildman–Crippen LogP) is 4.45. The summed E-state index contributed by atoms with van der Waals surface area (Å²) < 4.78 is 0. The molecule has 0 bridgehead atoms. The van der Waals surface area contributed by atoms with Crippen LogP contribution in [-0.4, -0.2) is 24.5 Å². The Morgan fingerprint density at radius 3 is 2.96 bits per heavy atom. The molecule has 0 fully saturated rings. The standard InChI is InChI=1S/C20H18ClN3O/c1-24-9-8-16(17-10-14(21)6-7-19(17)24)20(25)23-18-12-22-11-13-4-2-3-5-15(13)18/h2-7,10-12,16H,8-9H2,1H3,(H,23,25)/t16-/m1/s1. The number of amides is 1. The first kappa shape index (κ1) is 15.9. The van der Waals surface area contributed by atoms with E-state index in [1.165, 1.54) is 0 Å². The molecule has 4 rings (SSSR count). The summed E-state index contributed by atoms with van der Waals surface area (Å²) in [5.74, 6) is -0.237. The number of aromatic nitrogens is 1. The second kappa shape index (κ2) is 6.37. The Morgan fingerprint density at radius 2 is 2.08 bits per heavy atom. The van der Waals surface area contributed by atoms with Crippen LogP contribution < -0.4 is 10.2 Å². The average molecular weight is 352 g/mol. The quantitative estimate of drug-likeness (QED) is 0.741. The molecule has 0 aliphatic carbocycles. The summed E-state index contributed by atoms with van der Waals surface area (Å²) in [6, 6.07) is 13.7. The maximum Gasteiger partial charge on any atom is 0.232 e. The fourth-order valence-corrected chi connectivity index (χ4v) is 3.64. The first-order valence-corrected chi connectivity index (χ1v) is 8.65. The number of hydrogen-bond donors (Lipinski definition) is 1. The summed E-state index contributed by atoms with van der Waals surface area (Å²) in [4.78, 5) is 19.4. The van der Waals surface area contributed by atoms with Gasteiger partial charge in [0.15, 0.2) is 0 Å². The van der Waals surface area contributed by atoms with E-state index in [0.29, 0.717) is 5.02 Å². The van der Waals surface area contributed by atoms with Crippen molar-refractivity contribution in [3.05, 3.63) is 65.4 Å². The summed E-state index contributed by atoms with van der Waals surface area (Å²) in [6.07, 6.45) is 4.26. The van der Waals surface area contributed by atoms with Crippen molar-refractivity contribution in [2.75, 3.05) is 23.8 Å². The van der Waals surface area contributed by atoms with E-state index in [9.17, 15) is 4.79 Å². The summed E-state index contributed by atoms with van der Waals surface area (Å²) in [7, 11) is 2.04. The largest absolute Gasteiger partial charge is 0.374 e. The molecule has 2 aromatic carbocycles. The number of anilines is 2. The molecule has 0 radical (unpaired) electrons. The monoisotopic (exact) mass is 351 g/mol. The van der Waals surface area contributed by atoms with Crippen molar-refractivity contribution < 1.29 is 4.79 Å². The van der Waals surface area contributed by atoms with Gasteiger partial charge in [0.25, 0.3) is 0 Å². The Hall–Kier alpha value is -2.59. The molecule has 2 heterocycles. The zero-order chi connectivity index (χ0) is 17.4. The van der Waals surface area contributed by atoms with Crippen molar-refractivity contribution in [3.8, 4) is 0 Å². The molecule has 1 aliphatic heterocycles. The highest BCUT2D eigenvalue weighted by Crippen LogP contribution is 2.37. The number of rotatable bonds is 2. The number of hydrogen-bond acceptors (Lipinski definition) is 3. The predicted molar refractivity (Wildman–Crippen MR) is 102 cm³/mol. The number of nitrogens with one attached hydrogen (secondary N) is 1. The van der Waals surface area contributed by atoms with Crippen LogP contribution in [0, 0.1) is 0 Å². The fourth-order valence-electron chi connectivity index (χ4n) is 3.46. The van der Waals surface area contributed by atoms with Crippen LogP contribution in [0.25, 0.3) is 10.8 Å². The van der Waals surface area contributed by atoms with E-state index in [1.807, 2.05) is 49.5 Å². The van der Waals surface area contributed by atoms with Crippen molar-refractivity contribution in [1.82, 2.24) is 4.98 Å². The van der Waals surface area contributed by atoms with Crippen LogP contribution in [0.3, 0.4) is 0 Å². The Balaban J connectivity index is 1.68. The maximum atomic E-state index is 13.0. The topological polar surface area (TPSA) is 45.2 Å². The molecule has 3 aromatic rings. The van der Waals surface area contributed by atoms with Gasteiger partial charge in [0, 0.05) is 41.3 Å². The van der Waals surface area contributed by atoms with Gasteiger partial charge in [-0.3, -0.25) is 9.78 Å². The smallest absolute Gasteiger partial charge is 0.232 e. The molecule has 4 nitrogen and oxygen atoms in total. The van der Waals surface area contributed by atoms with E-state index in [1.54, 1.807) is 12.4 Å². The summed E-state index contributed by atoms with van der Waals surface area (Å²) in [5.41, 5.74) is 2.78. The van der Waals surface area contributed by atoms with Crippen molar-refractivity contribution >= 4 is 39.7 Å². The molecule has 0 spiro atoms. The third-order valence-corrected chi connectivity index (χ3v) is 5.01. The van der Waals surface area contributed by atoms with Crippen LogP contribution in [0.1, 0.15) is 17.9 Å². The highest BCUT2D eigenvalue weighted by Gasteiger charge is 2.29. The van der Waals surface area contributed by atoms with Crippen LogP contribution in [0.15, 0.2) is 54.9 Å². The lowest BCUT2D eigenvalue weighted by molar-refractivity contribution is -0.117. The van der Waals surface area contributed by atoms with E-state index < -0.39 is 0 Å². The molecule has 1 N–H and O–H groups in total. The van der Waals surface area contributed by atoms with Crippen LogP contribution in [0.5, 0.6) is 0 Å². The minimum absolute atomic E-state index is 0.0187. The molecular formula is C20H18ClN3O. The van der Waals surface area contributed by atoms with Gasteiger partial charge < -0.3 is 10.2 Å². The molecular weight excluding hydrogens is 334 g/mol. The number of carbonyl (C=O) groups is 1. The Kier molecular flexibility index (Phi) is 4.06. The van der Waals surface area contributed by atoms with E-state index in [-0.39, 0.29) is 11.8 Å². The van der Waals surface area contributed by atoms with Crippen LogP contribution in [0.2, 0.25) is 5.02 Å². The van der Waals surface area contributed by atoms with Crippen molar-refractivity contribution in [1.29, 1.82) is 0 Å². The molecule has 1 aliphatic rings. The summed E-state index contributed by atoms with van der Waals surface area (Å²) in [5, 5.41) is 5.72. The zero-order valence-electron chi connectivity index (χ0n) is 13.9.